The van der Waals surface area contributed by atoms with Crippen LogP contribution in [0.5, 0.6) is 11.5 Å². The zero-order valence-electron chi connectivity index (χ0n) is 15.8. The van der Waals surface area contributed by atoms with E-state index in [1.165, 1.54) is 0 Å². The van der Waals surface area contributed by atoms with Gasteiger partial charge in [0.2, 0.25) is 0 Å². The van der Waals surface area contributed by atoms with Crippen LogP contribution in [0.4, 0.5) is 5.82 Å². The summed E-state index contributed by atoms with van der Waals surface area (Å²) in [5, 5.41) is 6.63. The summed E-state index contributed by atoms with van der Waals surface area (Å²) >= 11 is 1.62. The van der Waals surface area contributed by atoms with Crippen molar-refractivity contribution in [3.63, 3.8) is 0 Å². The lowest BCUT2D eigenvalue weighted by molar-refractivity contribution is 0.337. The Morgan fingerprint density at radius 3 is 2.64 bits per heavy atom. The first-order valence-electron chi connectivity index (χ1n) is 9.11. The van der Waals surface area contributed by atoms with E-state index >= 15 is 0 Å². The molecule has 4 aromatic rings. The highest BCUT2D eigenvalue weighted by Crippen LogP contribution is 2.37. The fraction of sp³-hybridized carbons (Fsp3) is 0.182. The summed E-state index contributed by atoms with van der Waals surface area (Å²) in [6.07, 6.45) is 1.60. The molecule has 0 radical (unpaired) electrons. The van der Waals surface area contributed by atoms with E-state index in [4.69, 9.17) is 9.47 Å². The van der Waals surface area contributed by atoms with Gasteiger partial charge in [0.25, 0.3) is 0 Å². The molecule has 2 aromatic carbocycles. The quantitative estimate of drug-likeness (QED) is 0.458. The Morgan fingerprint density at radius 1 is 1.04 bits per heavy atom. The van der Waals surface area contributed by atoms with E-state index in [1.54, 1.807) is 24.8 Å². The molecule has 6 heteroatoms. The van der Waals surface area contributed by atoms with Gasteiger partial charge in [-0.1, -0.05) is 30.3 Å². The second-order valence-electron chi connectivity index (χ2n) is 6.17. The number of rotatable bonds is 7. The van der Waals surface area contributed by atoms with Crippen molar-refractivity contribution in [2.75, 3.05) is 19.0 Å². The van der Waals surface area contributed by atoms with Gasteiger partial charge in [-0.05, 0) is 30.7 Å². The van der Waals surface area contributed by atoms with E-state index < -0.39 is 0 Å². The third-order valence-electron chi connectivity index (χ3n) is 4.49. The number of anilines is 1. The summed E-state index contributed by atoms with van der Waals surface area (Å²) in [5.41, 5.74) is 3.32. The lowest BCUT2D eigenvalue weighted by atomic mass is 10.1. The van der Waals surface area contributed by atoms with Crippen molar-refractivity contribution in [2.24, 2.45) is 0 Å². The number of hydrogen-bond acceptors (Lipinski definition) is 6. The van der Waals surface area contributed by atoms with Crippen molar-refractivity contribution < 1.29 is 9.47 Å². The van der Waals surface area contributed by atoms with Gasteiger partial charge in [-0.25, -0.2) is 9.97 Å². The van der Waals surface area contributed by atoms with Gasteiger partial charge in [0.1, 0.15) is 28.5 Å². The number of nitrogens with zero attached hydrogens (tertiary/aromatic N) is 2. The molecule has 0 aliphatic rings. The van der Waals surface area contributed by atoms with E-state index in [0.29, 0.717) is 13.2 Å². The zero-order valence-corrected chi connectivity index (χ0v) is 16.6. The molecule has 0 spiro atoms. The second-order valence-corrected chi connectivity index (χ2v) is 7.03. The Kier molecular flexibility index (Phi) is 5.39. The molecule has 0 amide bonds. The van der Waals surface area contributed by atoms with Crippen LogP contribution in [0.3, 0.4) is 0 Å². The highest BCUT2D eigenvalue weighted by molar-refractivity contribution is 7.17. The lowest BCUT2D eigenvalue weighted by Crippen LogP contribution is -2.05. The van der Waals surface area contributed by atoms with Crippen molar-refractivity contribution >= 4 is 27.4 Å². The lowest BCUT2D eigenvalue weighted by Gasteiger charge is -2.12. The van der Waals surface area contributed by atoms with Gasteiger partial charge in [-0.2, -0.15) is 0 Å². The molecular weight excluding hydrogens is 370 g/mol. The largest absolute Gasteiger partial charge is 0.497 e. The van der Waals surface area contributed by atoms with Crippen LogP contribution < -0.4 is 14.8 Å². The third kappa shape index (κ3) is 3.64. The molecule has 0 unspecified atom stereocenters. The molecule has 142 valence electrons. The van der Waals surface area contributed by atoms with Crippen LogP contribution in [0.2, 0.25) is 0 Å². The molecule has 5 nitrogen and oxygen atoms in total. The number of aromatic nitrogens is 2. The van der Waals surface area contributed by atoms with E-state index in [1.807, 2.05) is 37.3 Å². The molecule has 0 fully saturated rings. The second kappa shape index (κ2) is 8.27. The fourth-order valence-corrected chi connectivity index (χ4v) is 4.03. The van der Waals surface area contributed by atoms with Gasteiger partial charge in [-0.3, -0.25) is 0 Å². The number of para-hydroxylation sites is 1. The summed E-state index contributed by atoms with van der Waals surface area (Å²) < 4.78 is 11.0. The molecule has 1 N–H and O–H groups in total. The number of thiophene rings is 1. The van der Waals surface area contributed by atoms with Crippen LogP contribution in [-0.4, -0.2) is 23.7 Å². The van der Waals surface area contributed by atoms with Crippen molar-refractivity contribution in [3.8, 4) is 22.6 Å². The highest BCUT2D eigenvalue weighted by Gasteiger charge is 2.14. The molecule has 0 saturated heterocycles. The number of ether oxygens (including phenoxy) is 2. The number of fused-ring (bicyclic) bond motifs is 1. The molecule has 0 atom stereocenters. The SMILES string of the molecule is CCOc1ccccc1CNc1ncnc2scc(-c3ccc(OC)cc3)c12. The van der Waals surface area contributed by atoms with Crippen LogP contribution in [0.25, 0.3) is 21.3 Å². The van der Waals surface area contributed by atoms with Crippen molar-refractivity contribution in [1.82, 2.24) is 9.97 Å². The highest BCUT2D eigenvalue weighted by atomic mass is 32.1. The van der Waals surface area contributed by atoms with Crippen molar-refractivity contribution in [2.45, 2.75) is 13.5 Å². The molecular formula is C22H21N3O2S. The van der Waals surface area contributed by atoms with Crippen LogP contribution in [0.15, 0.2) is 60.2 Å². The Bertz CT molecular complexity index is 1080. The summed E-state index contributed by atoms with van der Waals surface area (Å²) in [6.45, 7) is 3.26. The summed E-state index contributed by atoms with van der Waals surface area (Å²) in [4.78, 5) is 9.91. The van der Waals surface area contributed by atoms with Crippen LogP contribution in [0, 0.1) is 0 Å². The molecule has 0 aliphatic carbocycles. The Labute approximate surface area is 168 Å². The van der Waals surface area contributed by atoms with Crippen molar-refractivity contribution in [1.29, 1.82) is 0 Å². The van der Waals surface area contributed by atoms with E-state index in [0.717, 1.165) is 44.2 Å². The standard InChI is InChI=1S/C22H21N3O2S/c1-3-27-19-7-5-4-6-16(19)12-23-21-20-18(13-28-22(20)25-14-24-21)15-8-10-17(26-2)11-9-15/h4-11,13-14H,3,12H2,1-2H3,(H,23,24,25). The van der Waals surface area contributed by atoms with E-state index in [2.05, 4.69) is 38.9 Å². The fourth-order valence-electron chi connectivity index (χ4n) is 3.12. The maximum atomic E-state index is 5.73. The summed E-state index contributed by atoms with van der Waals surface area (Å²) in [5.74, 6) is 2.55. The molecule has 28 heavy (non-hydrogen) atoms. The number of benzene rings is 2. The molecule has 2 aromatic heterocycles. The molecule has 0 saturated carbocycles. The predicted molar refractivity (Wildman–Crippen MR) is 114 cm³/mol. The minimum absolute atomic E-state index is 0.625. The maximum Gasteiger partial charge on any atom is 0.139 e. The number of nitrogens with one attached hydrogen (secondary N) is 1. The molecule has 0 bridgehead atoms. The van der Waals surface area contributed by atoms with Gasteiger partial charge in [0.15, 0.2) is 0 Å². The van der Waals surface area contributed by atoms with Crippen LogP contribution in [0.1, 0.15) is 12.5 Å². The Balaban J connectivity index is 1.67. The van der Waals surface area contributed by atoms with Gasteiger partial charge in [0.05, 0.1) is 19.1 Å². The first-order valence-corrected chi connectivity index (χ1v) is 9.99. The molecule has 4 rings (SSSR count). The monoisotopic (exact) mass is 391 g/mol. The van der Waals surface area contributed by atoms with Gasteiger partial charge < -0.3 is 14.8 Å². The molecule has 2 heterocycles. The van der Waals surface area contributed by atoms with E-state index in [-0.39, 0.29) is 0 Å². The minimum atomic E-state index is 0.625. The minimum Gasteiger partial charge on any atom is -0.497 e. The smallest absolute Gasteiger partial charge is 0.139 e. The van der Waals surface area contributed by atoms with Gasteiger partial charge >= 0.3 is 0 Å². The topological polar surface area (TPSA) is 56.3 Å². The average molecular weight is 391 g/mol. The Morgan fingerprint density at radius 2 is 1.86 bits per heavy atom. The van der Waals surface area contributed by atoms with Gasteiger partial charge in [-0.15, -0.1) is 11.3 Å². The van der Waals surface area contributed by atoms with Crippen LogP contribution >= 0.6 is 11.3 Å². The third-order valence-corrected chi connectivity index (χ3v) is 5.38. The summed E-state index contributed by atoms with van der Waals surface area (Å²) in [6, 6.07) is 16.1. The predicted octanol–water partition coefficient (Wildman–Crippen LogP) is 5.38. The van der Waals surface area contributed by atoms with Crippen molar-refractivity contribution in [3.05, 3.63) is 65.8 Å². The van der Waals surface area contributed by atoms with E-state index in [9.17, 15) is 0 Å². The number of methoxy groups -OCH3 is 1. The zero-order chi connectivity index (χ0) is 19.3. The normalized spacial score (nSPS) is 10.8. The first kappa shape index (κ1) is 18.3. The van der Waals surface area contributed by atoms with Gasteiger partial charge in [0, 0.05) is 23.1 Å². The Hall–Kier alpha value is -3.12. The number of hydrogen-bond donors (Lipinski definition) is 1. The maximum absolute atomic E-state index is 5.73. The average Bonchev–Trinajstić information content (AvgIpc) is 3.18. The summed E-state index contributed by atoms with van der Waals surface area (Å²) in [7, 11) is 1.67. The first-order chi connectivity index (χ1) is 13.8. The van der Waals surface area contributed by atoms with Crippen LogP contribution in [-0.2, 0) is 6.54 Å². The molecule has 0 aliphatic heterocycles.